The summed E-state index contributed by atoms with van der Waals surface area (Å²) in [5, 5.41) is 3.96. The van der Waals surface area contributed by atoms with Crippen molar-refractivity contribution in [1.29, 1.82) is 0 Å². The zero-order valence-corrected chi connectivity index (χ0v) is 12.2. The molecule has 2 rings (SSSR count). The van der Waals surface area contributed by atoms with Crippen LogP contribution in [-0.4, -0.2) is 5.78 Å². The van der Waals surface area contributed by atoms with Gasteiger partial charge in [0, 0.05) is 26.7 Å². The Kier molecular flexibility index (Phi) is 3.55. The van der Waals surface area contributed by atoms with E-state index in [4.69, 9.17) is 0 Å². The zero-order valence-electron chi connectivity index (χ0n) is 9.75. The van der Waals surface area contributed by atoms with E-state index in [-0.39, 0.29) is 11.3 Å². The van der Waals surface area contributed by atoms with Crippen LogP contribution in [0.4, 0.5) is 0 Å². The molecule has 0 bridgehead atoms. The van der Waals surface area contributed by atoms with Gasteiger partial charge in [-0.2, -0.15) is 11.3 Å². The topological polar surface area (TPSA) is 17.1 Å². The maximum absolute atomic E-state index is 12.5. The van der Waals surface area contributed by atoms with Gasteiger partial charge in [0.15, 0.2) is 5.78 Å². The van der Waals surface area contributed by atoms with E-state index >= 15 is 0 Å². The number of carbonyl (C=O) groups is 1. The lowest BCUT2D eigenvalue weighted by Crippen LogP contribution is -2.34. The minimum absolute atomic E-state index is 0.163. The van der Waals surface area contributed by atoms with Crippen LogP contribution in [0.2, 0.25) is 0 Å². The molecule has 1 nitrogen and oxygen atoms in total. The van der Waals surface area contributed by atoms with Gasteiger partial charge < -0.3 is 0 Å². The largest absolute Gasteiger partial charge is 0.294 e. The highest BCUT2D eigenvalue weighted by Gasteiger charge is 2.37. The smallest absolute Gasteiger partial charge is 0.168 e. The van der Waals surface area contributed by atoms with Gasteiger partial charge in [-0.05, 0) is 34.2 Å². The number of ketones is 1. The van der Waals surface area contributed by atoms with E-state index in [1.165, 1.54) is 19.3 Å². The Morgan fingerprint density at radius 2 is 2.19 bits per heavy atom. The number of carbonyl (C=O) groups excluding carboxylic acids is 1. The van der Waals surface area contributed by atoms with Crippen LogP contribution in [0.3, 0.4) is 0 Å². The summed E-state index contributed by atoms with van der Waals surface area (Å²) in [7, 11) is 0. The normalized spacial score (nSPS) is 24.3. The molecule has 0 aromatic carbocycles. The summed E-state index contributed by atoms with van der Waals surface area (Å²) in [6.07, 6.45) is 4.68. The molecular weight excluding hydrogens is 284 g/mol. The third kappa shape index (κ3) is 2.25. The second kappa shape index (κ2) is 4.61. The fraction of sp³-hybridized carbons (Fsp3) is 0.615. The highest BCUT2D eigenvalue weighted by atomic mass is 79.9. The van der Waals surface area contributed by atoms with Crippen molar-refractivity contribution >= 4 is 33.0 Å². The molecule has 0 amide bonds. The number of halogens is 1. The van der Waals surface area contributed by atoms with Crippen LogP contribution in [0.5, 0.6) is 0 Å². The molecule has 1 saturated carbocycles. The van der Waals surface area contributed by atoms with E-state index in [2.05, 4.69) is 29.8 Å². The molecule has 0 N–H and O–H groups in total. The van der Waals surface area contributed by atoms with E-state index < -0.39 is 0 Å². The average Bonchev–Trinajstić information content (AvgIpc) is 2.63. The molecule has 88 valence electrons. The summed E-state index contributed by atoms with van der Waals surface area (Å²) in [4.78, 5) is 12.5. The highest BCUT2D eigenvalue weighted by molar-refractivity contribution is 9.10. The average molecular weight is 301 g/mol. The summed E-state index contributed by atoms with van der Waals surface area (Å²) >= 11 is 5.05. The molecule has 1 atom stereocenters. The van der Waals surface area contributed by atoms with Crippen molar-refractivity contribution in [3.05, 3.63) is 20.8 Å². The van der Waals surface area contributed by atoms with Gasteiger partial charge in [0.1, 0.15) is 0 Å². The molecule has 3 heteroatoms. The van der Waals surface area contributed by atoms with Crippen LogP contribution in [0.1, 0.15) is 49.9 Å². The minimum atomic E-state index is 0.163. The maximum Gasteiger partial charge on any atom is 0.168 e. The predicted molar refractivity (Wildman–Crippen MR) is 72.1 cm³/mol. The van der Waals surface area contributed by atoms with Crippen molar-refractivity contribution in [2.45, 2.75) is 39.5 Å². The van der Waals surface area contributed by atoms with Gasteiger partial charge in [-0.3, -0.25) is 4.79 Å². The van der Waals surface area contributed by atoms with Gasteiger partial charge in [-0.25, -0.2) is 0 Å². The number of thiophene rings is 1. The molecule has 0 radical (unpaired) electrons. The second-order valence-electron chi connectivity index (χ2n) is 5.28. The van der Waals surface area contributed by atoms with Crippen LogP contribution in [0.15, 0.2) is 15.2 Å². The lowest BCUT2D eigenvalue weighted by molar-refractivity contribution is 0.0697. The van der Waals surface area contributed by atoms with E-state index in [1.807, 2.05) is 10.8 Å². The van der Waals surface area contributed by atoms with Gasteiger partial charge in [0.05, 0.1) is 0 Å². The standard InChI is InChI=1S/C13H17BrOS/c1-13(2)6-4-3-5-10(13)12(15)9-7-16-8-11(9)14/h7-8,10H,3-6H2,1-2H3. The van der Waals surface area contributed by atoms with Crippen molar-refractivity contribution in [2.75, 3.05) is 0 Å². The Hall–Kier alpha value is -0.150. The lowest BCUT2D eigenvalue weighted by atomic mass is 9.66. The Morgan fingerprint density at radius 1 is 1.44 bits per heavy atom. The van der Waals surface area contributed by atoms with E-state index in [1.54, 1.807) is 11.3 Å². The number of rotatable bonds is 2. The predicted octanol–water partition coefficient (Wildman–Crippen LogP) is 4.91. The van der Waals surface area contributed by atoms with Crippen molar-refractivity contribution in [2.24, 2.45) is 11.3 Å². The summed E-state index contributed by atoms with van der Waals surface area (Å²) in [6, 6.07) is 0. The van der Waals surface area contributed by atoms with Crippen LogP contribution < -0.4 is 0 Å². The Balaban J connectivity index is 2.24. The SMILES string of the molecule is CC1(C)CCCCC1C(=O)c1cscc1Br. The number of hydrogen-bond donors (Lipinski definition) is 0. The Morgan fingerprint density at radius 3 is 2.75 bits per heavy atom. The Labute approximate surface area is 109 Å². The lowest BCUT2D eigenvalue weighted by Gasteiger charge is -2.37. The molecule has 0 aliphatic heterocycles. The molecular formula is C13H17BrOS. The van der Waals surface area contributed by atoms with Gasteiger partial charge >= 0.3 is 0 Å². The van der Waals surface area contributed by atoms with E-state index in [9.17, 15) is 4.79 Å². The van der Waals surface area contributed by atoms with Crippen molar-refractivity contribution in [1.82, 2.24) is 0 Å². The Bertz CT molecular complexity index is 394. The quantitative estimate of drug-likeness (QED) is 0.709. The van der Waals surface area contributed by atoms with Gasteiger partial charge in [0.25, 0.3) is 0 Å². The van der Waals surface area contributed by atoms with Gasteiger partial charge in [-0.15, -0.1) is 0 Å². The molecule has 1 unspecified atom stereocenters. The van der Waals surface area contributed by atoms with Crippen LogP contribution in [0.25, 0.3) is 0 Å². The molecule has 16 heavy (non-hydrogen) atoms. The zero-order chi connectivity index (χ0) is 11.8. The molecule has 0 saturated heterocycles. The fourth-order valence-corrected chi connectivity index (χ4v) is 4.10. The first-order valence-corrected chi connectivity index (χ1v) is 7.52. The van der Waals surface area contributed by atoms with Crippen LogP contribution in [-0.2, 0) is 0 Å². The minimum Gasteiger partial charge on any atom is -0.294 e. The third-order valence-corrected chi connectivity index (χ3v) is 5.41. The summed E-state index contributed by atoms with van der Waals surface area (Å²) in [5.41, 5.74) is 1.04. The summed E-state index contributed by atoms with van der Waals surface area (Å²) in [6.45, 7) is 4.46. The molecule has 1 heterocycles. The van der Waals surface area contributed by atoms with E-state index in [0.717, 1.165) is 16.5 Å². The molecule has 1 aliphatic rings. The maximum atomic E-state index is 12.5. The number of Topliss-reactive ketones (excluding diaryl/α,β-unsaturated/α-hetero) is 1. The van der Waals surface area contributed by atoms with Gasteiger partial charge in [0.2, 0.25) is 0 Å². The summed E-state index contributed by atoms with van der Waals surface area (Å²) in [5.74, 6) is 0.532. The van der Waals surface area contributed by atoms with E-state index in [0.29, 0.717) is 5.78 Å². The first kappa shape index (κ1) is 12.3. The molecule has 1 aromatic heterocycles. The summed E-state index contributed by atoms with van der Waals surface area (Å²) < 4.78 is 0.962. The number of hydrogen-bond acceptors (Lipinski definition) is 2. The van der Waals surface area contributed by atoms with Crippen molar-refractivity contribution in [3.63, 3.8) is 0 Å². The second-order valence-corrected chi connectivity index (χ2v) is 6.88. The van der Waals surface area contributed by atoms with Crippen LogP contribution >= 0.6 is 27.3 Å². The fourth-order valence-electron chi connectivity index (χ4n) is 2.63. The molecule has 0 spiro atoms. The first-order chi connectivity index (χ1) is 7.52. The van der Waals surface area contributed by atoms with Gasteiger partial charge in [-0.1, -0.05) is 26.7 Å². The first-order valence-electron chi connectivity index (χ1n) is 5.78. The van der Waals surface area contributed by atoms with Crippen molar-refractivity contribution in [3.8, 4) is 0 Å². The third-order valence-electron chi connectivity index (χ3n) is 3.70. The van der Waals surface area contributed by atoms with Crippen molar-refractivity contribution < 1.29 is 4.79 Å². The molecule has 1 aromatic rings. The highest BCUT2D eigenvalue weighted by Crippen LogP contribution is 2.43. The monoisotopic (exact) mass is 300 g/mol. The van der Waals surface area contributed by atoms with Crippen LogP contribution in [0, 0.1) is 11.3 Å². The molecule has 1 aliphatic carbocycles. The molecule has 1 fully saturated rings.